The molecule has 0 aliphatic heterocycles. The van der Waals surface area contributed by atoms with Gasteiger partial charge in [0, 0.05) is 0 Å². The molecule has 0 amide bonds. The summed E-state index contributed by atoms with van der Waals surface area (Å²) in [4.78, 5) is 11.5. The third kappa shape index (κ3) is 2.04. The smallest absolute Gasteiger partial charge is 0.130 e. The van der Waals surface area contributed by atoms with Crippen molar-refractivity contribution in [2.75, 3.05) is 0 Å². The lowest BCUT2D eigenvalue weighted by Gasteiger charge is -2.36. The molecule has 0 heterocycles. The van der Waals surface area contributed by atoms with E-state index in [-0.39, 0.29) is 5.41 Å². The number of benzene rings is 1. The van der Waals surface area contributed by atoms with Gasteiger partial charge in [0.2, 0.25) is 0 Å². The summed E-state index contributed by atoms with van der Waals surface area (Å²) >= 11 is 0. The van der Waals surface area contributed by atoms with Gasteiger partial charge in [0.05, 0.1) is 5.41 Å². The molecule has 1 nitrogen and oxygen atoms in total. The lowest BCUT2D eigenvalue weighted by atomic mass is 9.67. The highest BCUT2D eigenvalue weighted by atomic mass is 16.1. The van der Waals surface area contributed by atoms with E-state index in [0.717, 1.165) is 0 Å². The molecule has 1 unspecified atom stereocenters. The topological polar surface area (TPSA) is 17.1 Å². The summed E-state index contributed by atoms with van der Waals surface area (Å²) in [5, 5.41) is 0. The van der Waals surface area contributed by atoms with Crippen LogP contribution in [0.15, 0.2) is 30.3 Å². The van der Waals surface area contributed by atoms with E-state index < -0.39 is 0 Å². The molecule has 0 N–H and O–H groups in total. The van der Waals surface area contributed by atoms with E-state index in [1.165, 1.54) is 44.0 Å². The molecule has 16 heavy (non-hydrogen) atoms. The number of aldehydes is 1. The Morgan fingerprint density at radius 1 is 1.12 bits per heavy atom. The van der Waals surface area contributed by atoms with Crippen LogP contribution in [0.5, 0.6) is 0 Å². The SMILES string of the molecule is CC(C=O)(c1ccccc1)C1CCCCC1. The van der Waals surface area contributed by atoms with Crippen LogP contribution in [-0.2, 0) is 10.2 Å². The van der Waals surface area contributed by atoms with Crippen molar-refractivity contribution < 1.29 is 4.79 Å². The van der Waals surface area contributed by atoms with E-state index in [2.05, 4.69) is 19.1 Å². The maximum absolute atomic E-state index is 11.5. The van der Waals surface area contributed by atoms with Crippen molar-refractivity contribution in [2.24, 2.45) is 5.92 Å². The number of hydrogen-bond acceptors (Lipinski definition) is 1. The summed E-state index contributed by atoms with van der Waals surface area (Å²) in [7, 11) is 0. The van der Waals surface area contributed by atoms with Gasteiger partial charge in [-0.25, -0.2) is 0 Å². The summed E-state index contributed by atoms with van der Waals surface area (Å²) in [5.74, 6) is 0.529. The van der Waals surface area contributed by atoms with Crippen LogP contribution in [0.2, 0.25) is 0 Å². The van der Waals surface area contributed by atoms with Crippen molar-refractivity contribution in [3.63, 3.8) is 0 Å². The predicted octanol–water partition coefficient (Wildman–Crippen LogP) is 3.72. The van der Waals surface area contributed by atoms with Crippen LogP contribution in [0.4, 0.5) is 0 Å². The Kier molecular flexibility index (Phi) is 3.42. The maximum Gasteiger partial charge on any atom is 0.130 e. The highest BCUT2D eigenvalue weighted by Gasteiger charge is 2.36. The zero-order valence-electron chi connectivity index (χ0n) is 9.99. The van der Waals surface area contributed by atoms with Gasteiger partial charge in [-0.15, -0.1) is 0 Å². The van der Waals surface area contributed by atoms with Crippen LogP contribution in [0, 0.1) is 5.92 Å². The molecule has 1 aliphatic rings. The zero-order valence-corrected chi connectivity index (χ0v) is 9.99. The predicted molar refractivity (Wildman–Crippen MR) is 66.4 cm³/mol. The lowest BCUT2D eigenvalue weighted by molar-refractivity contribution is -0.114. The van der Waals surface area contributed by atoms with Crippen molar-refractivity contribution in [1.29, 1.82) is 0 Å². The summed E-state index contributed by atoms with van der Waals surface area (Å²) < 4.78 is 0. The molecule has 86 valence electrons. The fraction of sp³-hybridized carbons (Fsp3) is 0.533. The van der Waals surface area contributed by atoms with E-state index in [1.54, 1.807) is 0 Å². The first-order valence-corrected chi connectivity index (χ1v) is 6.29. The molecule has 0 radical (unpaired) electrons. The Morgan fingerprint density at radius 3 is 2.31 bits per heavy atom. The molecule has 2 rings (SSSR count). The fourth-order valence-corrected chi connectivity index (χ4v) is 2.90. The molecule has 1 fully saturated rings. The van der Waals surface area contributed by atoms with E-state index in [1.807, 2.05) is 18.2 Å². The van der Waals surface area contributed by atoms with Crippen molar-refractivity contribution in [3.8, 4) is 0 Å². The Hall–Kier alpha value is -1.11. The third-order valence-corrected chi connectivity index (χ3v) is 4.09. The molecule has 0 spiro atoms. The third-order valence-electron chi connectivity index (χ3n) is 4.09. The molecule has 1 aromatic carbocycles. The lowest BCUT2D eigenvalue weighted by Crippen LogP contribution is -2.35. The van der Waals surface area contributed by atoms with Gasteiger partial charge < -0.3 is 4.79 Å². The van der Waals surface area contributed by atoms with Crippen LogP contribution >= 0.6 is 0 Å². The van der Waals surface area contributed by atoms with Crippen LogP contribution in [0.3, 0.4) is 0 Å². The van der Waals surface area contributed by atoms with Crippen LogP contribution in [0.1, 0.15) is 44.6 Å². The Balaban J connectivity index is 2.27. The molecule has 0 aromatic heterocycles. The molecule has 1 aromatic rings. The van der Waals surface area contributed by atoms with Gasteiger partial charge in [-0.1, -0.05) is 49.6 Å². The second kappa shape index (κ2) is 4.82. The molecule has 1 atom stereocenters. The van der Waals surface area contributed by atoms with Gasteiger partial charge in [-0.3, -0.25) is 0 Å². The largest absolute Gasteiger partial charge is 0.302 e. The van der Waals surface area contributed by atoms with Gasteiger partial charge in [0.25, 0.3) is 0 Å². The Morgan fingerprint density at radius 2 is 1.75 bits per heavy atom. The molecule has 1 saturated carbocycles. The second-order valence-electron chi connectivity index (χ2n) is 5.10. The molecule has 1 aliphatic carbocycles. The zero-order chi connectivity index (χ0) is 11.4. The number of hydrogen-bond donors (Lipinski definition) is 0. The van der Waals surface area contributed by atoms with Crippen LogP contribution in [0.25, 0.3) is 0 Å². The first-order chi connectivity index (χ1) is 7.77. The summed E-state index contributed by atoms with van der Waals surface area (Å²) in [6, 6.07) is 10.2. The minimum atomic E-state index is -0.276. The monoisotopic (exact) mass is 216 g/mol. The summed E-state index contributed by atoms with van der Waals surface area (Å²) in [6.45, 7) is 2.10. The average Bonchev–Trinajstić information content (AvgIpc) is 2.40. The number of carbonyl (C=O) groups excluding carboxylic acids is 1. The van der Waals surface area contributed by atoms with E-state index >= 15 is 0 Å². The van der Waals surface area contributed by atoms with Gasteiger partial charge in [0.1, 0.15) is 6.29 Å². The number of carbonyl (C=O) groups is 1. The second-order valence-corrected chi connectivity index (χ2v) is 5.10. The van der Waals surface area contributed by atoms with Crippen LogP contribution in [-0.4, -0.2) is 6.29 Å². The molecular weight excluding hydrogens is 196 g/mol. The first kappa shape index (κ1) is 11.4. The maximum atomic E-state index is 11.5. The van der Waals surface area contributed by atoms with Crippen molar-refractivity contribution in [3.05, 3.63) is 35.9 Å². The van der Waals surface area contributed by atoms with Gasteiger partial charge in [-0.2, -0.15) is 0 Å². The highest BCUT2D eigenvalue weighted by Crippen LogP contribution is 2.39. The van der Waals surface area contributed by atoms with Gasteiger partial charge in [0.15, 0.2) is 0 Å². The quantitative estimate of drug-likeness (QED) is 0.704. The van der Waals surface area contributed by atoms with E-state index in [9.17, 15) is 4.79 Å². The minimum absolute atomic E-state index is 0.276. The Bertz CT molecular complexity index is 338. The summed E-state index contributed by atoms with van der Waals surface area (Å²) in [5.41, 5.74) is 0.902. The summed E-state index contributed by atoms with van der Waals surface area (Å²) in [6.07, 6.45) is 7.45. The van der Waals surface area contributed by atoms with Gasteiger partial charge in [-0.05, 0) is 31.2 Å². The Labute approximate surface area is 97.9 Å². The molecule has 0 saturated heterocycles. The van der Waals surface area contributed by atoms with E-state index in [4.69, 9.17) is 0 Å². The molecule has 1 heteroatoms. The average molecular weight is 216 g/mol. The normalized spacial score (nSPS) is 21.3. The van der Waals surface area contributed by atoms with Crippen molar-refractivity contribution in [2.45, 2.75) is 44.4 Å². The van der Waals surface area contributed by atoms with Crippen molar-refractivity contribution >= 4 is 6.29 Å². The highest BCUT2D eigenvalue weighted by molar-refractivity contribution is 5.68. The fourth-order valence-electron chi connectivity index (χ4n) is 2.90. The van der Waals surface area contributed by atoms with Crippen LogP contribution < -0.4 is 0 Å². The first-order valence-electron chi connectivity index (χ1n) is 6.29. The number of rotatable bonds is 3. The standard InChI is InChI=1S/C15H20O/c1-15(12-16,13-8-4-2-5-9-13)14-10-6-3-7-11-14/h2,4-5,8-9,12,14H,3,6-7,10-11H2,1H3. The minimum Gasteiger partial charge on any atom is -0.302 e. The molecule has 0 bridgehead atoms. The van der Waals surface area contributed by atoms with E-state index in [0.29, 0.717) is 5.92 Å². The molecular formula is C15H20O. The van der Waals surface area contributed by atoms with Gasteiger partial charge >= 0.3 is 0 Å². The van der Waals surface area contributed by atoms with Crippen molar-refractivity contribution in [1.82, 2.24) is 0 Å².